The quantitative estimate of drug-likeness (QED) is 0.0174. The third kappa shape index (κ3) is 14.3. The molecular formula is C57H46F24O6Si2. The Labute approximate surface area is 489 Å². The summed E-state index contributed by atoms with van der Waals surface area (Å²) in [6.45, 7) is 0. The zero-order chi connectivity index (χ0) is 66.6. The van der Waals surface area contributed by atoms with E-state index in [1.54, 1.807) is 0 Å². The van der Waals surface area contributed by atoms with Crippen molar-refractivity contribution in [2.24, 2.45) is 0 Å². The van der Waals surface area contributed by atoms with E-state index in [1.807, 2.05) is 0 Å². The first-order valence-electron chi connectivity index (χ1n) is 26.5. The molecule has 0 saturated carbocycles. The Morgan fingerprint density at radius 3 is 0.596 bits per heavy atom. The summed E-state index contributed by atoms with van der Waals surface area (Å²) in [6, 6.07) is -3.38. The number of phenols is 6. The van der Waals surface area contributed by atoms with Crippen LogP contribution in [0.3, 0.4) is 0 Å². The van der Waals surface area contributed by atoms with Crippen LogP contribution in [-0.2, 0) is 38.5 Å². The Hall–Kier alpha value is -7.39. The van der Waals surface area contributed by atoms with Crippen LogP contribution in [-0.4, -0.2) is 46.8 Å². The summed E-state index contributed by atoms with van der Waals surface area (Å²) in [5, 5.41) is 57.6. The minimum atomic E-state index is -4.15. The number of phenolic OH excluding ortho intramolecular Hbond substituents is 6. The number of hydrogen-bond donors (Lipinski definition) is 6. The predicted octanol–water partition coefficient (Wildman–Crippen LogP) is 17.3. The van der Waals surface area contributed by atoms with Crippen LogP contribution in [0, 0.1) is 140 Å². The second-order valence-electron chi connectivity index (χ2n) is 21.1. The van der Waals surface area contributed by atoms with Crippen molar-refractivity contribution in [1.82, 2.24) is 0 Å². The molecule has 0 spiro atoms. The summed E-state index contributed by atoms with van der Waals surface area (Å²) in [4.78, 5) is 0. The fourth-order valence-electron chi connectivity index (χ4n) is 11.0. The molecular weight excluding hydrogens is 1290 g/mol. The maximum absolute atomic E-state index is 15.2. The topological polar surface area (TPSA) is 121 Å². The van der Waals surface area contributed by atoms with Crippen molar-refractivity contribution in [3.05, 3.63) is 185 Å². The van der Waals surface area contributed by atoms with E-state index < -0.39 is 343 Å². The van der Waals surface area contributed by atoms with E-state index in [2.05, 4.69) is 0 Å². The second-order valence-corrected chi connectivity index (χ2v) is 30.6. The van der Waals surface area contributed by atoms with Crippen LogP contribution in [0.15, 0.2) is 11.8 Å². The van der Waals surface area contributed by atoms with Gasteiger partial charge in [-0.05, 0) is 38.5 Å². The van der Waals surface area contributed by atoms with Gasteiger partial charge in [-0.3, -0.25) is 0 Å². The van der Waals surface area contributed by atoms with Crippen molar-refractivity contribution < 1.29 is 136 Å². The van der Waals surface area contributed by atoms with E-state index >= 15 is 52.7 Å². The molecule has 0 bridgehead atoms. The van der Waals surface area contributed by atoms with Gasteiger partial charge in [-0.1, -0.05) is 92.6 Å². The van der Waals surface area contributed by atoms with Gasteiger partial charge in [0.1, 0.15) is 0 Å². The number of halogens is 24. The van der Waals surface area contributed by atoms with E-state index in [4.69, 9.17) is 0 Å². The van der Waals surface area contributed by atoms with Gasteiger partial charge < -0.3 is 30.6 Å². The highest BCUT2D eigenvalue weighted by Crippen LogP contribution is 2.42. The lowest BCUT2D eigenvalue weighted by Crippen LogP contribution is -2.37. The summed E-state index contributed by atoms with van der Waals surface area (Å²) < 4.78 is 358. The summed E-state index contributed by atoms with van der Waals surface area (Å²) >= 11 is 0. The number of rotatable bonds is 27. The molecule has 6 rings (SSSR count). The lowest BCUT2D eigenvalue weighted by molar-refractivity contribution is 0.350. The summed E-state index contributed by atoms with van der Waals surface area (Å²) in [5.74, 6) is -65.8. The molecule has 0 aliphatic rings. The van der Waals surface area contributed by atoms with Crippen LogP contribution in [0.2, 0.25) is 42.3 Å². The van der Waals surface area contributed by atoms with E-state index in [1.165, 1.54) is 0 Å². The van der Waals surface area contributed by atoms with Gasteiger partial charge in [0.15, 0.2) is 104 Å². The first kappa shape index (κ1) is 70.7. The zero-order valence-electron chi connectivity index (χ0n) is 45.3. The second kappa shape index (κ2) is 28.6. The molecule has 6 N–H and O–H groups in total. The van der Waals surface area contributed by atoms with Crippen molar-refractivity contribution in [3.8, 4) is 34.5 Å². The van der Waals surface area contributed by atoms with Gasteiger partial charge >= 0.3 is 0 Å². The monoisotopic (exact) mass is 1340 g/mol. The Morgan fingerprint density at radius 2 is 0.382 bits per heavy atom. The van der Waals surface area contributed by atoms with Crippen LogP contribution >= 0.6 is 0 Å². The lowest BCUT2D eigenvalue weighted by atomic mass is 10.1. The van der Waals surface area contributed by atoms with E-state index in [0.29, 0.717) is 0 Å². The average Bonchev–Trinajstić information content (AvgIpc) is 1.67. The molecule has 32 heteroatoms. The molecule has 6 nitrogen and oxygen atoms in total. The molecule has 486 valence electrons. The number of benzene rings is 6. The first-order chi connectivity index (χ1) is 41.6. The molecule has 0 amide bonds. The van der Waals surface area contributed by atoms with Crippen molar-refractivity contribution in [2.45, 2.75) is 119 Å². The normalized spacial score (nSPS) is 12.2. The molecule has 0 aliphatic carbocycles. The van der Waals surface area contributed by atoms with Crippen molar-refractivity contribution in [3.63, 3.8) is 0 Å². The minimum Gasteiger partial charge on any atom is -0.503 e. The van der Waals surface area contributed by atoms with E-state index in [9.17, 15) is 83.3 Å². The van der Waals surface area contributed by atoms with Crippen LogP contribution in [0.25, 0.3) is 0 Å². The first-order valence-corrected chi connectivity index (χ1v) is 32.0. The highest BCUT2D eigenvalue weighted by atomic mass is 28.3. The molecule has 89 heavy (non-hydrogen) atoms. The fourth-order valence-corrected chi connectivity index (χ4v) is 21.1. The number of aromatic hydroxyl groups is 6. The summed E-state index contributed by atoms with van der Waals surface area (Å²) in [6.07, 6.45) is -9.14. The van der Waals surface area contributed by atoms with Gasteiger partial charge in [0, 0.05) is 33.4 Å². The summed E-state index contributed by atoms with van der Waals surface area (Å²) in [5.41, 5.74) is -7.11. The van der Waals surface area contributed by atoms with Crippen LogP contribution in [0.1, 0.15) is 71.9 Å². The average molecular weight is 1340 g/mol. The molecule has 0 radical (unpaired) electrons. The SMILES string of the molecule is Oc1c(F)c(F)c(CC=C[Si](CCCc2c(F)c(F)c(O)c(F)c2F)(CCCc2c(F)c(F)c(O)c(F)c2F)CCC[Si](CCCc2c(F)c(F)c(O)c(F)c2F)(CCCc2c(F)c(F)c(O)c(F)c2F)CCCc2c(F)c(F)c(O)c(F)c2F)c(F)c1F. The standard InChI is InChI=1S/C57H46F24O6Si2/c58-28-22(29(59)41(71)52(82)40(28)70)8-1-14-88(15-2-9-23-30(60)42(72)53(83)43(73)31(23)61,16-3-10-24-32(62)44(74)54(84)45(75)33(24)63)20-7-21-89(17-4-11-25-34(64)46(76)55(85)47(77)35(25)65,18-5-12-26-36(66)48(78)56(86)49(79)37(26)67)19-6-13-27-38(68)50(80)57(87)51(81)39(27)69/h1,14,82-87H,2-13,15-21H2. The van der Waals surface area contributed by atoms with E-state index in [-0.39, 0.29) is 0 Å². The van der Waals surface area contributed by atoms with Crippen molar-refractivity contribution >= 4 is 16.1 Å². The van der Waals surface area contributed by atoms with Gasteiger partial charge in [-0.25, -0.2) is 52.7 Å². The molecule has 0 unspecified atom stereocenters. The van der Waals surface area contributed by atoms with Crippen LogP contribution in [0.4, 0.5) is 105 Å². The Kier molecular flexibility index (Phi) is 22.7. The molecule has 6 aromatic rings. The Bertz CT molecular complexity index is 3300. The largest absolute Gasteiger partial charge is 0.503 e. The number of allylic oxidation sites excluding steroid dienone is 1. The molecule has 0 aromatic heterocycles. The maximum Gasteiger partial charge on any atom is 0.203 e. The molecule has 0 atom stereocenters. The predicted molar refractivity (Wildman–Crippen MR) is 272 cm³/mol. The number of hydrogen-bond acceptors (Lipinski definition) is 6. The van der Waals surface area contributed by atoms with E-state index in [0.717, 1.165) is 11.8 Å². The molecule has 6 aromatic carbocycles. The highest BCUT2D eigenvalue weighted by molar-refractivity contribution is 6.85. The minimum absolute atomic E-state index is 0.404. The molecule has 0 fully saturated rings. The smallest absolute Gasteiger partial charge is 0.203 e. The Balaban J connectivity index is 1.52. The zero-order valence-corrected chi connectivity index (χ0v) is 47.3. The lowest BCUT2D eigenvalue weighted by Gasteiger charge is -2.35. The van der Waals surface area contributed by atoms with Gasteiger partial charge in [-0.2, -0.15) is 52.7 Å². The van der Waals surface area contributed by atoms with Crippen molar-refractivity contribution in [1.29, 1.82) is 0 Å². The summed E-state index contributed by atoms with van der Waals surface area (Å²) in [7, 11) is -8.14. The molecule has 0 aliphatic heterocycles. The van der Waals surface area contributed by atoms with Crippen molar-refractivity contribution in [2.75, 3.05) is 0 Å². The third-order valence-corrected chi connectivity index (χ3v) is 26.4. The Morgan fingerprint density at radius 1 is 0.213 bits per heavy atom. The van der Waals surface area contributed by atoms with Gasteiger partial charge in [0.05, 0.1) is 16.1 Å². The van der Waals surface area contributed by atoms with Crippen LogP contribution in [0.5, 0.6) is 34.5 Å². The fraction of sp³-hybridized carbons (Fsp3) is 0.333. The molecule has 0 heterocycles. The highest BCUT2D eigenvalue weighted by Gasteiger charge is 2.38. The van der Waals surface area contributed by atoms with Gasteiger partial charge in [0.25, 0.3) is 0 Å². The van der Waals surface area contributed by atoms with Gasteiger partial charge in [-0.15, -0.1) is 0 Å². The maximum atomic E-state index is 15.2. The molecule has 0 saturated heterocycles. The van der Waals surface area contributed by atoms with Gasteiger partial charge in [0.2, 0.25) is 69.8 Å². The third-order valence-electron chi connectivity index (χ3n) is 15.8. The van der Waals surface area contributed by atoms with Crippen LogP contribution < -0.4 is 0 Å².